The minimum Gasteiger partial charge on any atom is -0.459 e. The van der Waals surface area contributed by atoms with Gasteiger partial charge < -0.3 is 19.6 Å². The molecule has 25 heavy (non-hydrogen) atoms. The van der Waals surface area contributed by atoms with E-state index in [9.17, 15) is 14.0 Å². The summed E-state index contributed by atoms with van der Waals surface area (Å²) in [5.41, 5.74) is 0.265. The van der Waals surface area contributed by atoms with Crippen molar-refractivity contribution < 1.29 is 18.7 Å². The van der Waals surface area contributed by atoms with Crippen LogP contribution in [0.1, 0.15) is 45.0 Å². The van der Waals surface area contributed by atoms with Crippen LogP contribution in [-0.4, -0.2) is 44.9 Å². The van der Waals surface area contributed by atoms with Crippen molar-refractivity contribution >= 4 is 35.1 Å². The Morgan fingerprint density at radius 1 is 1.28 bits per heavy atom. The largest absolute Gasteiger partial charge is 0.459 e. The number of hydrogen-bond acceptors (Lipinski definition) is 4. The number of aromatic amines is 2. The first-order chi connectivity index (χ1) is 11.5. The van der Waals surface area contributed by atoms with Gasteiger partial charge in [-0.05, 0) is 59.0 Å². The van der Waals surface area contributed by atoms with Crippen molar-refractivity contribution in [2.75, 3.05) is 6.54 Å². The molecule has 0 aliphatic carbocycles. The maximum Gasteiger partial charge on any atom is 0.326 e. The van der Waals surface area contributed by atoms with E-state index in [-0.39, 0.29) is 22.9 Å². The second-order valence-corrected chi connectivity index (χ2v) is 7.48. The Kier molecular flexibility index (Phi) is 5.31. The second-order valence-electron chi connectivity index (χ2n) is 7.07. The molecule has 0 saturated carbocycles. The van der Waals surface area contributed by atoms with E-state index in [2.05, 4.69) is 9.97 Å². The highest BCUT2D eigenvalue weighted by Crippen LogP contribution is 2.21. The Morgan fingerprint density at radius 3 is 2.48 bits per heavy atom. The summed E-state index contributed by atoms with van der Waals surface area (Å²) in [4.78, 5) is 32.0. The van der Waals surface area contributed by atoms with E-state index >= 15 is 0 Å². The topological polar surface area (TPSA) is 78.2 Å². The van der Waals surface area contributed by atoms with E-state index in [0.717, 1.165) is 6.07 Å². The molecule has 2 N–H and O–H groups in total. The lowest BCUT2D eigenvalue weighted by atomic mass is 10.1. The molecule has 0 fully saturated rings. The number of halogens is 1. The lowest BCUT2D eigenvalue weighted by Crippen LogP contribution is -2.42. The first kappa shape index (κ1) is 19.1. The van der Waals surface area contributed by atoms with E-state index in [4.69, 9.17) is 17.0 Å². The molecule has 0 spiro atoms. The smallest absolute Gasteiger partial charge is 0.326 e. The molecule has 0 bridgehead atoms. The van der Waals surface area contributed by atoms with Crippen LogP contribution in [0.25, 0.3) is 11.0 Å². The highest BCUT2D eigenvalue weighted by atomic mass is 32.1. The summed E-state index contributed by atoms with van der Waals surface area (Å²) in [5, 5.41) is 0. The molecule has 2 aromatic rings. The number of nitrogens with zero attached hydrogens (tertiary/aromatic N) is 1. The lowest BCUT2D eigenvalue weighted by molar-refractivity contribution is -0.155. The van der Waals surface area contributed by atoms with Crippen molar-refractivity contribution in [2.24, 2.45) is 0 Å². The normalized spacial score (nSPS) is 11.8. The van der Waals surface area contributed by atoms with Gasteiger partial charge >= 0.3 is 5.97 Å². The minimum atomic E-state index is -0.652. The highest BCUT2D eigenvalue weighted by Gasteiger charge is 2.27. The SMILES string of the molecule is CC(C)N(CC(=O)OC(C)(C)C)C(=O)c1cc(F)cc2[nH]c(=S)[nH]c12. The number of ether oxygens (including phenoxy) is 1. The monoisotopic (exact) mass is 367 g/mol. The first-order valence-corrected chi connectivity index (χ1v) is 8.33. The molecule has 8 heteroatoms. The zero-order valence-corrected chi connectivity index (χ0v) is 15.7. The van der Waals surface area contributed by atoms with Crippen molar-refractivity contribution in [3.63, 3.8) is 0 Å². The molecule has 1 amide bonds. The molecule has 2 rings (SSSR count). The number of amides is 1. The molecule has 1 aromatic heterocycles. The summed E-state index contributed by atoms with van der Waals surface area (Å²) in [5.74, 6) is -1.57. The summed E-state index contributed by atoms with van der Waals surface area (Å²) >= 11 is 5.02. The zero-order chi connectivity index (χ0) is 18.9. The van der Waals surface area contributed by atoms with Gasteiger partial charge in [-0.25, -0.2) is 4.39 Å². The standard InChI is InChI=1S/C17H22FN3O3S/c1-9(2)21(8-13(22)24-17(3,4)5)15(23)11-6-10(18)7-12-14(11)20-16(25)19-12/h6-7,9H,8H2,1-5H3,(H2,19,20,25). The molecular weight excluding hydrogens is 345 g/mol. The molecule has 0 atom stereocenters. The van der Waals surface area contributed by atoms with Gasteiger partial charge in [-0.2, -0.15) is 0 Å². The Morgan fingerprint density at radius 2 is 1.92 bits per heavy atom. The number of benzene rings is 1. The number of aromatic nitrogens is 2. The Balaban J connectivity index is 2.38. The summed E-state index contributed by atoms with van der Waals surface area (Å²) in [6, 6.07) is 2.11. The number of carbonyl (C=O) groups is 2. The van der Waals surface area contributed by atoms with Crippen LogP contribution < -0.4 is 0 Å². The van der Waals surface area contributed by atoms with Gasteiger partial charge in [0.1, 0.15) is 18.0 Å². The van der Waals surface area contributed by atoms with Crippen LogP contribution in [0.3, 0.4) is 0 Å². The van der Waals surface area contributed by atoms with Crippen molar-refractivity contribution in [1.29, 1.82) is 0 Å². The van der Waals surface area contributed by atoms with Crippen molar-refractivity contribution in [3.05, 3.63) is 28.3 Å². The summed E-state index contributed by atoms with van der Waals surface area (Å²) in [6.07, 6.45) is 0. The summed E-state index contributed by atoms with van der Waals surface area (Å²) < 4.78 is 19.5. The van der Waals surface area contributed by atoms with E-state index in [1.807, 2.05) is 0 Å². The predicted molar refractivity (Wildman–Crippen MR) is 95.5 cm³/mol. The van der Waals surface area contributed by atoms with Gasteiger partial charge in [-0.3, -0.25) is 9.59 Å². The number of H-pyrrole nitrogens is 2. The molecule has 6 nitrogen and oxygen atoms in total. The Labute approximate surface area is 150 Å². The summed E-state index contributed by atoms with van der Waals surface area (Å²) in [6.45, 7) is 8.58. The third kappa shape index (κ3) is 4.66. The molecule has 1 heterocycles. The van der Waals surface area contributed by atoms with Gasteiger partial charge in [0, 0.05) is 6.04 Å². The average molecular weight is 367 g/mol. The van der Waals surface area contributed by atoms with Crippen molar-refractivity contribution in [1.82, 2.24) is 14.9 Å². The van der Waals surface area contributed by atoms with Gasteiger partial charge in [0.15, 0.2) is 4.77 Å². The molecule has 0 aliphatic rings. The number of nitrogens with one attached hydrogen (secondary N) is 2. The predicted octanol–water partition coefficient (Wildman–Crippen LogP) is 3.56. The Bertz CT molecular complexity index is 864. The van der Waals surface area contributed by atoms with Gasteiger partial charge in [0.05, 0.1) is 16.6 Å². The van der Waals surface area contributed by atoms with Crippen LogP contribution in [0, 0.1) is 10.6 Å². The third-order valence-corrected chi connectivity index (χ3v) is 3.63. The van der Waals surface area contributed by atoms with Crippen LogP contribution in [0.2, 0.25) is 0 Å². The molecule has 0 radical (unpaired) electrons. The van der Waals surface area contributed by atoms with Gasteiger partial charge in [-0.15, -0.1) is 0 Å². The van der Waals surface area contributed by atoms with E-state index < -0.39 is 23.3 Å². The van der Waals surface area contributed by atoms with Crippen molar-refractivity contribution in [3.8, 4) is 0 Å². The van der Waals surface area contributed by atoms with Crippen LogP contribution in [-0.2, 0) is 9.53 Å². The first-order valence-electron chi connectivity index (χ1n) is 7.92. The van der Waals surface area contributed by atoms with Crippen LogP contribution in [0.5, 0.6) is 0 Å². The fraction of sp³-hybridized carbons (Fsp3) is 0.471. The van der Waals surface area contributed by atoms with Crippen molar-refractivity contribution in [2.45, 2.75) is 46.3 Å². The molecule has 0 saturated heterocycles. The third-order valence-electron chi connectivity index (χ3n) is 3.42. The van der Waals surface area contributed by atoms with E-state index in [1.54, 1.807) is 34.6 Å². The average Bonchev–Trinajstić information content (AvgIpc) is 2.80. The fourth-order valence-electron chi connectivity index (χ4n) is 2.43. The molecule has 0 unspecified atom stereocenters. The van der Waals surface area contributed by atoms with Crippen LogP contribution in [0.4, 0.5) is 4.39 Å². The van der Waals surface area contributed by atoms with Gasteiger partial charge in [0.25, 0.3) is 5.91 Å². The van der Waals surface area contributed by atoms with Gasteiger partial charge in [0.2, 0.25) is 0 Å². The fourth-order valence-corrected chi connectivity index (χ4v) is 2.64. The number of esters is 1. The number of hydrogen-bond donors (Lipinski definition) is 2. The zero-order valence-electron chi connectivity index (χ0n) is 14.9. The number of fused-ring (bicyclic) bond motifs is 1. The lowest BCUT2D eigenvalue weighted by Gasteiger charge is -2.28. The van der Waals surface area contributed by atoms with Crippen LogP contribution >= 0.6 is 12.2 Å². The quantitative estimate of drug-likeness (QED) is 0.640. The second kappa shape index (κ2) is 6.95. The molecule has 136 valence electrons. The number of carbonyl (C=O) groups excluding carboxylic acids is 2. The number of rotatable bonds is 4. The van der Waals surface area contributed by atoms with Crippen LogP contribution in [0.15, 0.2) is 12.1 Å². The molecular formula is C17H22FN3O3S. The molecule has 1 aromatic carbocycles. The maximum absolute atomic E-state index is 13.9. The van der Waals surface area contributed by atoms with E-state index in [1.165, 1.54) is 11.0 Å². The highest BCUT2D eigenvalue weighted by molar-refractivity contribution is 7.71. The maximum atomic E-state index is 13.9. The molecule has 0 aliphatic heterocycles. The summed E-state index contributed by atoms with van der Waals surface area (Å²) in [7, 11) is 0. The number of imidazole rings is 1. The Hall–Kier alpha value is -2.22. The van der Waals surface area contributed by atoms with E-state index in [0.29, 0.717) is 11.0 Å². The van der Waals surface area contributed by atoms with Gasteiger partial charge in [-0.1, -0.05) is 0 Å². The minimum absolute atomic E-state index is 0.111.